The molecule has 1 fully saturated rings. The molecule has 0 aliphatic carbocycles. The molecule has 1 unspecified atom stereocenters. The van der Waals surface area contributed by atoms with E-state index in [1.807, 2.05) is 0 Å². The number of halogens is 2. The van der Waals surface area contributed by atoms with E-state index in [1.54, 1.807) is 0 Å². The minimum atomic E-state index is -2.93. The van der Waals surface area contributed by atoms with Gasteiger partial charge in [0.25, 0.3) is 5.91 Å². The van der Waals surface area contributed by atoms with Crippen LogP contribution in [0.4, 0.5) is 8.78 Å². The van der Waals surface area contributed by atoms with Crippen LogP contribution in [0.15, 0.2) is 24.3 Å². The molecule has 0 aromatic heterocycles. The molecule has 1 N–H and O–H groups in total. The zero-order valence-electron chi connectivity index (χ0n) is 12.3. The minimum absolute atomic E-state index is 0.0111. The van der Waals surface area contributed by atoms with Crippen molar-refractivity contribution >= 4 is 11.9 Å². The summed E-state index contributed by atoms with van der Waals surface area (Å²) in [5, 5.41) is 2.62. The normalized spacial score (nSPS) is 17.1. The number of nitrogens with one attached hydrogen (secondary N) is 1. The van der Waals surface area contributed by atoms with Crippen LogP contribution < -0.4 is 10.1 Å². The Morgan fingerprint density at radius 2 is 2.04 bits per heavy atom. The van der Waals surface area contributed by atoms with Crippen LogP contribution in [0.25, 0.3) is 0 Å². The first kappa shape index (κ1) is 17.1. The summed E-state index contributed by atoms with van der Waals surface area (Å²) >= 11 is 0. The van der Waals surface area contributed by atoms with Crippen molar-refractivity contribution in [3.8, 4) is 5.75 Å². The van der Waals surface area contributed by atoms with E-state index in [2.05, 4.69) is 10.1 Å². The number of ether oxygens (including phenoxy) is 3. The number of carbonyl (C=O) groups is 2. The Bertz CT molecular complexity index is 529. The summed E-state index contributed by atoms with van der Waals surface area (Å²) in [6, 6.07) is 5.01. The molecule has 1 amide bonds. The van der Waals surface area contributed by atoms with Crippen molar-refractivity contribution in [2.45, 2.75) is 25.6 Å². The fourth-order valence-electron chi connectivity index (χ4n) is 2.07. The topological polar surface area (TPSA) is 73.9 Å². The molecule has 126 valence electrons. The third-order valence-corrected chi connectivity index (χ3v) is 3.20. The molecule has 1 aliphatic rings. The van der Waals surface area contributed by atoms with E-state index in [0.717, 1.165) is 12.8 Å². The lowest BCUT2D eigenvalue weighted by atomic mass is 10.2. The molecule has 0 radical (unpaired) electrons. The average Bonchev–Trinajstić information content (AvgIpc) is 3.04. The van der Waals surface area contributed by atoms with Crippen molar-refractivity contribution in [3.63, 3.8) is 0 Å². The smallest absolute Gasteiger partial charge is 0.387 e. The highest BCUT2D eigenvalue weighted by atomic mass is 19.3. The molecule has 0 saturated carbocycles. The molecule has 1 aliphatic heterocycles. The van der Waals surface area contributed by atoms with E-state index in [0.29, 0.717) is 13.2 Å². The van der Waals surface area contributed by atoms with Crippen molar-refractivity contribution < 1.29 is 32.6 Å². The second-order valence-electron chi connectivity index (χ2n) is 4.92. The van der Waals surface area contributed by atoms with Gasteiger partial charge in [0, 0.05) is 13.2 Å². The van der Waals surface area contributed by atoms with E-state index >= 15 is 0 Å². The van der Waals surface area contributed by atoms with Gasteiger partial charge in [-0.15, -0.1) is 0 Å². The molecule has 0 spiro atoms. The number of alkyl halides is 2. The highest BCUT2D eigenvalue weighted by Gasteiger charge is 2.17. The monoisotopic (exact) mass is 329 g/mol. The standard InChI is InChI=1S/C15H17F2NO5/c16-15(17)23-11-5-3-10(4-6-11)14(20)22-9-13(19)18-8-12-2-1-7-21-12/h3-6,12,15H,1-2,7-9H2,(H,18,19). The molecular formula is C15H17F2NO5. The van der Waals surface area contributed by atoms with E-state index in [1.165, 1.54) is 24.3 Å². The third-order valence-electron chi connectivity index (χ3n) is 3.20. The fraction of sp³-hybridized carbons (Fsp3) is 0.467. The van der Waals surface area contributed by atoms with Crippen LogP contribution in [-0.4, -0.2) is 44.4 Å². The molecule has 1 aromatic carbocycles. The van der Waals surface area contributed by atoms with Gasteiger partial charge in [0.1, 0.15) is 5.75 Å². The highest BCUT2D eigenvalue weighted by molar-refractivity contribution is 5.91. The summed E-state index contributed by atoms with van der Waals surface area (Å²) in [4.78, 5) is 23.3. The van der Waals surface area contributed by atoms with Gasteiger partial charge in [0.05, 0.1) is 11.7 Å². The van der Waals surface area contributed by atoms with Crippen LogP contribution >= 0.6 is 0 Å². The largest absolute Gasteiger partial charge is 0.452 e. The maximum absolute atomic E-state index is 12.0. The summed E-state index contributed by atoms with van der Waals surface area (Å²) in [5.41, 5.74) is 0.138. The van der Waals surface area contributed by atoms with Gasteiger partial charge in [-0.2, -0.15) is 8.78 Å². The van der Waals surface area contributed by atoms with Gasteiger partial charge in [-0.3, -0.25) is 4.79 Å². The molecular weight excluding hydrogens is 312 g/mol. The van der Waals surface area contributed by atoms with Crippen LogP contribution in [0.5, 0.6) is 5.75 Å². The Hall–Kier alpha value is -2.22. The molecule has 1 aromatic rings. The molecule has 2 rings (SSSR count). The van der Waals surface area contributed by atoms with Gasteiger partial charge in [-0.25, -0.2) is 4.79 Å². The summed E-state index contributed by atoms with van der Waals surface area (Å²) in [6.45, 7) is -2.27. The zero-order valence-corrected chi connectivity index (χ0v) is 12.3. The number of benzene rings is 1. The van der Waals surface area contributed by atoms with Crippen LogP contribution in [0.1, 0.15) is 23.2 Å². The number of amides is 1. The Kier molecular flexibility index (Phi) is 6.28. The molecule has 1 saturated heterocycles. The summed E-state index contributed by atoms with van der Waals surface area (Å²) in [7, 11) is 0. The second-order valence-corrected chi connectivity index (χ2v) is 4.92. The fourth-order valence-corrected chi connectivity index (χ4v) is 2.07. The van der Waals surface area contributed by atoms with E-state index in [9.17, 15) is 18.4 Å². The maximum atomic E-state index is 12.0. The maximum Gasteiger partial charge on any atom is 0.387 e. The summed E-state index contributed by atoms with van der Waals surface area (Å²) in [6.07, 6.45) is 1.88. The lowest BCUT2D eigenvalue weighted by Crippen LogP contribution is -2.34. The highest BCUT2D eigenvalue weighted by Crippen LogP contribution is 2.15. The van der Waals surface area contributed by atoms with Crippen molar-refractivity contribution in [1.29, 1.82) is 0 Å². The first-order chi connectivity index (χ1) is 11.0. The lowest BCUT2D eigenvalue weighted by Gasteiger charge is -2.11. The Balaban J connectivity index is 1.71. The summed E-state index contributed by atoms with van der Waals surface area (Å²) < 4.78 is 38.4. The minimum Gasteiger partial charge on any atom is -0.452 e. The Morgan fingerprint density at radius 1 is 1.30 bits per heavy atom. The summed E-state index contributed by atoms with van der Waals surface area (Å²) in [5.74, 6) is -1.21. The first-order valence-corrected chi connectivity index (χ1v) is 7.15. The predicted molar refractivity (Wildman–Crippen MR) is 75.3 cm³/mol. The first-order valence-electron chi connectivity index (χ1n) is 7.15. The van der Waals surface area contributed by atoms with Crippen molar-refractivity contribution in [3.05, 3.63) is 29.8 Å². The van der Waals surface area contributed by atoms with Gasteiger partial charge in [-0.05, 0) is 37.1 Å². The SMILES string of the molecule is O=C(COC(=O)c1ccc(OC(F)F)cc1)NCC1CCCO1. The molecule has 0 bridgehead atoms. The van der Waals surface area contributed by atoms with Gasteiger partial charge in [0.2, 0.25) is 0 Å². The number of esters is 1. The van der Waals surface area contributed by atoms with Crippen LogP contribution in [0.2, 0.25) is 0 Å². The van der Waals surface area contributed by atoms with Gasteiger partial charge in [0.15, 0.2) is 6.61 Å². The van der Waals surface area contributed by atoms with E-state index in [-0.39, 0.29) is 17.4 Å². The zero-order chi connectivity index (χ0) is 16.7. The molecule has 6 nitrogen and oxygen atoms in total. The van der Waals surface area contributed by atoms with Crippen molar-refractivity contribution in [2.75, 3.05) is 19.8 Å². The lowest BCUT2D eigenvalue weighted by molar-refractivity contribution is -0.124. The molecule has 23 heavy (non-hydrogen) atoms. The predicted octanol–water partition coefficient (Wildman–Crippen LogP) is 1.74. The van der Waals surface area contributed by atoms with Crippen LogP contribution in [0.3, 0.4) is 0 Å². The van der Waals surface area contributed by atoms with Gasteiger partial charge < -0.3 is 19.5 Å². The molecule has 1 atom stereocenters. The van der Waals surface area contributed by atoms with E-state index < -0.39 is 25.1 Å². The van der Waals surface area contributed by atoms with E-state index in [4.69, 9.17) is 9.47 Å². The average molecular weight is 329 g/mol. The number of hydrogen-bond donors (Lipinski definition) is 1. The molecule has 1 heterocycles. The van der Waals surface area contributed by atoms with Gasteiger partial charge >= 0.3 is 12.6 Å². The second kappa shape index (κ2) is 8.42. The van der Waals surface area contributed by atoms with Crippen molar-refractivity contribution in [2.24, 2.45) is 0 Å². The van der Waals surface area contributed by atoms with Crippen LogP contribution in [-0.2, 0) is 14.3 Å². The number of hydrogen-bond acceptors (Lipinski definition) is 5. The van der Waals surface area contributed by atoms with Gasteiger partial charge in [-0.1, -0.05) is 0 Å². The van der Waals surface area contributed by atoms with Crippen LogP contribution in [0, 0.1) is 0 Å². The number of carbonyl (C=O) groups excluding carboxylic acids is 2. The number of rotatable bonds is 7. The quantitative estimate of drug-likeness (QED) is 0.772. The Labute approximate surface area is 131 Å². The molecule has 8 heteroatoms. The third kappa shape index (κ3) is 5.82. The Morgan fingerprint density at radius 3 is 2.65 bits per heavy atom. The van der Waals surface area contributed by atoms with Crippen molar-refractivity contribution in [1.82, 2.24) is 5.32 Å².